The summed E-state index contributed by atoms with van der Waals surface area (Å²) in [6, 6.07) is 18.1. The number of aromatic nitrogens is 6. The van der Waals surface area contributed by atoms with Gasteiger partial charge >= 0.3 is 0 Å². The number of pyridine rings is 1. The first-order chi connectivity index (χ1) is 20.7. The fourth-order valence-electron chi connectivity index (χ4n) is 5.12. The summed E-state index contributed by atoms with van der Waals surface area (Å²) in [6.07, 6.45) is 5.25. The van der Waals surface area contributed by atoms with E-state index in [1.807, 2.05) is 94.7 Å². The van der Waals surface area contributed by atoms with E-state index in [-0.39, 0.29) is 22.9 Å². The molecule has 1 amide bonds. The molecule has 6 aromatic rings. The second kappa shape index (κ2) is 10.9. The Morgan fingerprint density at radius 2 is 1.81 bits per heavy atom. The van der Waals surface area contributed by atoms with Crippen LogP contribution in [-0.2, 0) is 7.05 Å². The van der Waals surface area contributed by atoms with Crippen molar-refractivity contribution >= 4 is 28.1 Å². The molecule has 214 valence electrons. The van der Waals surface area contributed by atoms with E-state index in [2.05, 4.69) is 32.3 Å². The number of carbonyl (C=O) groups excluding carboxylic acids is 1. The average Bonchev–Trinajstić information content (AvgIpc) is 3.56. The van der Waals surface area contributed by atoms with Gasteiger partial charge in [0.15, 0.2) is 11.5 Å². The molecular formula is C33H30N8O2. The van der Waals surface area contributed by atoms with E-state index in [4.69, 9.17) is 5.73 Å². The molecule has 0 aliphatic carbocycles. The molecule has 0 bridgehead atoms. The van der Waals surface area contributed by atoms with Crippen LogP contribution >= 0.6 is 0 Å². The molecule has 0 unspecified atom stereocenters. The van der Waals surface area contributed by atoms with Gasteiger partial charge in [-0.1, -0.05) is 56.0 Å². The molecule has 0 aliphatic heterocycles. The zero-order valence-electron chi connectivity index (χ0n) is 24.2. The second-order valence-electron chi connectivity index (χ2n) is 10.7. The van der Waals surface area contributed by atoms with Gasteiger partial charge in [-0.15, -0.1) is 5.10 Å². The number of aryl methyl sites for hydroxylation is 1. The number of carbonyl (C=O) groups is 1. The highest BCUT2D eigenvalue weighted by Crippen LogP contribution is 2.25. The van der Waals surface area contributed by atoms with E-state index < -0.39 is 11.9 Å². The quantitative estimate of drug-likeness (QED) is 0.297. The summed E-state index contributed by atoms with van der Waals surface area (Å²) in [7, 11) is 1.83. The van der Waals surface area contributed by atoms with Crippen molar-refractivity contribution in [1.82, 2.24) is 34.3 Å². The van der Waals surface area contributed by atoms with Crippen molar-refractivity contribution < 1.29 is 4.79 Å². The fraction of sp³-hybridized carbons (Fsp3) is 0.182. The van der Waals surface area contributed by atoms with Gasteiger partial charge in [0.1, 0.15) is 5.56 Å². The number of benzene rings is 2. The minimum atomic E-state index is -0.586. The Bertz CT molecular complexity index is 2130. The highest BCUT2D eigenvalue weighted by atomic mass is 16.2. The SMILES string of the molecule is CC(C)c1ccn2nc(N)c(C(=O)N[C@H](C)c3cc4cccc(C#Cc5cnn(C)c5)c4c(=O)n3-c3ccccc3)c2n1. The summed E-state index contributed by atoms with van der Waals surface area (Å²) in [5.74, 6) is 6.07. The van der Waals surface area contributed by atoms with E-state index in [9.17, 15) is 9.59 Å². The number of hydrogen-bond donors (Lipinski definition) is 2. The van der Waals surface area contributed by atoms with Crippen LogP contribution in [0, 0.1) is 11.8 Å². The minimum Gasteiger partial charge on any atom is -0.381 e. The van der Waals surface area contributed by atoms with Crippen LogP contribution in [0.25, 0.3) is 22.1 Å². The van der Waals surface area contributed by atoms with Crippen LogP contribution < -0.4 is 16.6 Å². The number of anilines is 1. The Kier molecular flexibility index (Phi) is 7.00. The Morgan fingerprint density at radius 3 is 2.53 bits per heavy atom. The van der Waals surface area contributed by atoms with Gasteiger partial charge in [-0.2, -0.15) is 5.10 Å². The van der Waals surface area contributed by atoms with Crippen molar-refractivity contribution in [1.29, 1.82) is 0 Å². The van der Waals surface area contributed by atoms with E-state index in [1.54, 1.807) is 21.6 Å². The molecular weight excluding hydrogens is 540 g/mol. The van der Waals surface area contributed by atoms with Gasteiger partial charge in [-0.05, 0) is 48.6 Å². The van der Waals surface area contributed by atoms with Crippen molar-refractivity contribution in [2.75, 3.05) is 5.73 Å². The molecule has 0 aliphatic rings. The summed E-state index contributed by atoms with van der Waals surface area (Å²) in [5.41, 5.74) is 9.96. The molecule has 0 saturated heterocycles. The largest absolute Gasteiger partial charge is 0.381 e. The third-order valence-electron chi connectivity index (χ3n) is 7.28. The lowest BCUT2D eigenvalue weighted by Crippen LogP contribution is -2.32. The summed E-state index contributed by atoms with van der Waals surface area (Å²) in [6.45, 7) is 5.89. The van der Waals surface area contributed by atoms with Crippen LogP contribution in [0.1, 0.15) is 65.6 Å². The maximum Gasteiger partial charge on any atom is 0.264 e. The normalized spacial score (nSPS) is 11.9. The van der Waals surface area contributed by atoms with Crippen molar-refractivity contribution in [3.8, 4) is 17.5 Å². The fourth-order valence-corrected chi connectivity index (χ4v) is 5.12. The number of nitrogens with two attached hydrogens (primary N) is 1. The number of nitrogens with one attached hydrogen (secondary N) is 1. The van der Waals surface area contributed by atoms with Gasteiger partial charge in [0, 0.05) is 42.1 Å². The number of fused-ring (bicyclic) bond motifs is 2. The highest BCUT2D eigenvalue weighted by Gasteiger charge is 2.24. The number of rotatable bonds is 5. The first kappa shape index (κ1) is 27.5. The first-order valence-corrected chi connectivity index (χ1v) is 13.9. The summed E-state index contributed by atoms with van der Waals surface area (Å²) in [5, 5.41) is 12.7. The Hall–Kier alpha value is -5.69. The third kappa shape index (κ3) is 5.13. The first-order valence-electron chi connectivity index (χ1n) is 13.9. The maximum absolute atomic E-state index is 14.3. The average molecular weight is 571 g/mol. The minimum absolute atomic E-state index is 0.0777. The number of nitrogen functional groups attached to an aromatic ring is 1. The monoisotopic (exact) mass is 570 g/mol. The zero-order valence-corrected chi connectivity index (χ0v) is 24.2. The second-order valence-corrected chi connectivity index (χ2v) is 10.7. The number of hydrogen-bond acceptors (Lipinski definition) is 6. The van der Waals surface area contributed by atoms with Crippen molar-refractivity contribution in [2.45, 2.75) is 32.7 Å². The van der Waals surface area contributed by atoms with Crippen LogP contribution in [0.15, 0.2) is 84.0 Å². The molecule has 3 N–H and O–H groups in total. The topological polar surface area (TPSA) is 125 Å². The van der Waals surface area contributed by atoms with E-state index in [1.165, 1.54) is 4.52 Å². The summed E-state index contributed by atoms with van der Waals surface area (Å²) in [4.78, 5) is 32.6. The molecule has 10 heteroatoms. The van der Waals surface area contributed by atoms with Crippen LogP contribution in [0.2, 0.25) is 0 Å². The van der Waals surface area contributed by atoms with Gasteiger partial charge in [0.25, 0.3) is 11.5 Å². The van der Waals surface area contributed by atoms with E-state index in [0.29, 0.717) is 33.4 Å². The molecule has 43 heavy (non-hydrogen) atoms. The lowest BCUT2D eigenvalue weighted by Gasteiger charge is -2.21. The molecule has 2 aromatic carbocycles. The number of amides is 1. The third-order valence-corrected chi connectivity index (χ3v) is 7.28. The van der Waals surface area contributed by atoms with Gasteiger partial charge in [-0.25, -0.2) is 9.50 Å². The van der Waals surface area contributed by atoms with Gasteiger partial charge in [0.05, 0.1) is 23.2 Å². The van der Waals surface area contributed by atoms with Crippen LogP contribution in [-0.4, -0.2) is 34.9 Å². The number of para-hydroxylation sites is 1. The lowest BCUT2D eigenvalue weighted by molar-refractivity contribution is 0.0941. The van der Waals surface area contributed by atoms with E-state index >= 15 is 0 Å². The zero-order chi connectivity index (χ0) is 30.2. The molecule has 10 nitrogen and oxygen atoms in total. The Morgan fingerprint density at radius 1 is 1.02 bits per heavy atom. The van der Waals surface area contributed by atoms with Crippen LogP contribution in [0.4, 0.5) is 5.82 Å². The molecule has 0 radical (unpaired) electrons. The summed E-state index contributed by atoms with van der Waals surface area (Å²) < 4.78 is 4.80. The highest BCUT2D eigenvalue weighted by molar-refractivity contribution is 6.04. The van der Waals surface area contributed by atoms with Crippen molar-refractivity contribution in [3.05, 3.63) is 118 Å². The molecule has 4 heterocycles. The van der Waals surface area contributed by atoms with Crippen LogP contribution in [0.5, 0.6) is 0 Å². The van der Waals surface area contributed by atoms with Crippen LogP contribution in [0.3, 0.4) is 0 Å². The van der Waals surface area contributed by atoms with E-state index in [0.717, 1.165) is 11.3 Å². The smallest absolute Gasteiger partial charge is 0.264 e. The molecule has 1 atom stereocenters. The predicted molar refractivity (Wildman–Crippen MR) is 166 cm³/mol. The Labute approximate surface area is 247 Å². The predicted octanol–water partition coefficient (Wildman–Crippen LogP) is 4.36. The van der Waals surface area contributed by atoms with Gasteiger partial charge < -0.3 is 11.1 Å². The molecule has 0 saturated carbocycles. The van der Waals surface area contributed by atoms with Gasteiger partial charge in [-0.3, -0.25) is 18.8 Å². The van der Waals surface area contributed by atoms with Crippen molar-refractivity contribution in [2.24, 2.45) is 7.05 Å². The lowest BCUT2D eigenvalue weighted by atomic mass is 10.0. The molecule has 4 aromatic heterocycles. The molecule has 6 rings (SSSR count). The Balaban J connectivity index is 1.46. The molecule has 0 spiro atoms. The number of nitrogens with zero attached hydrogens (tertiary/aromatic N) is 6. The van der Waals surface area contributed by atoms with Gasteiger partial charge in [0.2, 0.25) is 0 Å². The maximum atomic E-state index is 14.3. The molecule has 0 fully saturated rings. The van der Waals surface area contributed by atoms with Crippen molar-refractivity contribution in [3.63, 3.8) is 0 Å². The summed E-state index contributed by atoms with van der Waals surface area (Å²) >= 11 is 0. The standard InChI is InChI=1S/C33H30N8O2/c1-20(2)26-15-16-40-31(37-26)29(30(34)38-40)32(42)36-21(3)27-17-24-10-8-9-23(14-13-22-18-35-39(4)19-22)28(24)33(43)41(27)25-11-6-5-7-12-25/h5-12,15-21H,1-4H3,(H2,34,38)(H,36,42)/t21-/m1/s1.